The van der Waals surface area contributed by atoms with Crippen molar-refractivity contribution in [3.63, 3.8) is 0 Å². The van der Waals surface area contributed by atoms with Gasteiger partial charge >= 0.3 is 6.09 Å². The highest BCUT2D eigenvalue weighted by atomic mass is 16.8. The van der Waals surface area contributed by atoms with Gasteiger partial charge in [-0.15, -0.1) is 0 Å². The van der Waals surface area contributed by atoms with Crippen LogP contribution in [0.5, 0.6) is 0 Å². The molecular formula is C14H25NO7. The average Bonchev–Trinajstić information content (AvgIpc) is 2.78. The first-order chi connectivity index (χ1) is 10.0. The van der Waals surface area contributed by atoms with Crippen molar-refractivity contribution in [2.24, 2.45) is 0 Å². The molecule has 0 unspecified atom stereocenters. The third-order valence-corrected chi connectivity index (χ3v) is 3.35. The zero-order valence-corrected chi connectivity index (χ0v) is 13.5. The fourth-order valence-electron chi connectivity index (χ4n) is 2.54. The molecule has 0 bridgehead atoms. The van der Waals surface area contributed by atoms with Crippen LogP contribution in [0, 0.1) is 0 Å². The standard InChI is InChI=1S/C14H25NO7/c1-13(2,3)22-12(18)15-7(6-16)9-8(17)10-11(19-9)21-14(4,5)20-10/h7-11,16-17H,6H2,1-5H3,(H,15,18)/t7-,8+,9-,10-,11-/m1/s1. The van der Waals surface area contributed by atoms with Crippen LogP contribution in [0.2, 0.25) is 0 Å². The summed E-state index contributed by atoms with van der Waals surface area (Å²) >= 11 is 0. The van der Waals surface area contributed by atoms with Crippen molar-refractivity contribution in [1.82, 2.24) is 5.32 Å². The van der Waals surface area contributed by atoms with Crippen LogP contribution in [0.25, 0.3) is 0 Å². The number of rotatable bonds is 3. The minimum atomic E-state index is -1.03. The van der Waals surface area contributed by atoms with Crippen LogP contribution in [0.4, 0.5) is 4.79 Å². The Bertz CT molecular complexity index is 420. The van der Waals surface area contributed by atoms with Gasteiger partial charge in [-0.25, -0.2) is 4.79 Å². The van der Waals surface area contributed by atoms with Gasteiger partial charge in [0.2, 0.25) is 0 Å². The second-order valence-electron chi connectivity index (χ2n) is 7.00. The van der Waals surface area contributed by atoms with Crippen LogP contribution < -0.4 is 5.32 Å². The number of aliphatic hydroxyl groups is 2. The summed E-state index contributed by atoms with van der Waals surface area (Å²) in [4.78, 5) is 11.8. The molecular weight excluding hydrogens is 294 g/mol. The van der Waals surface area contributed by atoms with Gasteiger partial charge in [-0.3, -0.25) is 0 Å². The fourth-order valence-corrected chi connectivity index (χ4v) is 2.54. The molecule has 2 fully saturated rings. The van der Waals surface area contributed by atoms with E-state index in [1.165, 1.54) is 0 Å². The fraction of sp³-hybridized carbons (Fsp3) is 0.929. The van der Waals surface area contributed by atoms with E-state index in [4.69, 9.17) is 18.9 Å². The molecule has 2 rings (SSSR count). The van der Waals surface area contributed by atoms with Crippen LogP contribution in [0.1, 0.15) is 34.6 Å². The first-order valence-electron chi connectivity index (χ1n) is 7.32. The molecule has 0 saturated carbocycles. The molecule has 1 amide bonds. The van der Waals surface area contributed by atoms with Crippen LogP contribution in [-0.2, 0) is 18.9 Å². The largest absolute Gasteiger partial charge is 0.444 e. The molecule has 2 aliphatic heterocycles. The van der Waals surface area contributed by atoms with Crippen LogP contribution >= 0.6 is 0 Å². The van der Waals surface area contributed by atoms with Crippen molar-refractivity contribution in [2.75, 3.05) is 6.61 Å². The van der Waals surface area contributed by atoms with Crippen molar-refractivity contribution in [2.45, 2.75) is 76.7 Å². The topological polar surface area (TPSA) is 106 Å². The average molecular weight is 319 g/mol. The maximum atomic E-state index is 11.8. The van der Waals surface area contributed by atoms with Crippen molar-refractivity contribution in [1.29, 1.82) is 0 Å². The van der Waals surface area contributed by atoms with E-state index >= 15 is 0 Å². The zero-order chi connectivity index (χ0) is 16.7. The lowest BCUT2D eigenvalue weighted by molar-refractivity contribution is -0.218. The van der Waals surface area contributed by atoms with Crippen molar-refractivity contribution in [3.05, 3.63) is 0 Å². The first-order valence-corrected chi connectivity index (χ1v) is 7.32. The van der Waals surface area contributed by atoms with Crippen molar-refractivity contribution in [3.8, 4) is 0 Å². The Morgan fingerprint density at radius 1 is 1.36 bits per heavy atom. The summed E-state index contributed by atoms with van der Waals surface area (Å²) < 4.78 is 21.8. The highest BCUT2D eigenvalue weighted by molar-refractivity contribution is 5.68. The van der Waals surface area contributed by atoms with E-state index < -0.39 is 54.7 Å². The predicted molar refractivity (Wildman–Crippen MR) is 74.9 cm³/mol. The minimum absolute atomic E-state index is 0.413. The number of hydrogen-bond acceptors (Lipinski definition) is 7. The molecule has 22 heavy (non-hydrogen) atoms. The number of fused-ring (bicyclic) bond motifs is 1. The summed E-state index contributed by atoms with van der Waals surface area (Å²) in [6.07, 6.45) is -3.96. The Labute approximate surface area is 129 Å². The van der Waals surface area contributed by atoms with Gasteiger partial charge in [0, 0.05) is 0 Å². The van der Waals surface area contributed by atoms with Crippen LogP contribution in [0.3, 0.4) is 0 Å². The van der Waals surface area contributed by atoms with E-state index in [0.717, 1.165) is 0 Å². The molecule has 2 aliphatic rings. The summed E-state index contributed by atoms with van der Waals surface area (Å²) in [6, 6.07) is -0.828. The maximum Gasteiger partial charge on any atom is 0.408 e. The van der Waals surface area contributed by atoms with Crippen LogP contribution in [0.15, 0.2) is 0 Å². The number of aliphatic hydroxyl groups excluding tert-OH is 2. The minimum Gasteiger partial charge on any atom is -0.444 e. The Hall–Kier alpha value is -0.930. The van der Waals surface area contributed by atoms with Gasteiger partial charge < -0.3 is 34.5 Å². The smallest absolute Gasteiger partial charge is 0.408 e. The van der Waals surface area contributed by atoms with E-state index in [-0.39, 0.29) is 0 Å². The highest BCUT2D eigenvalue weighted by Gasteiger charge is 2.56. The number of carbonyl (C=O) groups is 1. The summed E-state index contributed by atoms with van der Waals surface area (Å²) in [5.74, 6) is -0.839. The number of amides is 1. The summed E-state index contributed by atoms with van der Waals surface area (Å²) in [7, 11) is 0. The molecule has 8 heteroatoms. The van der Waals surface area contributed by atoms with Gasteiger partial charge in [-0.05, 0) is 34.6 Å². The summed E-state index contributed by atoms with van der Waals surface area (Å²) in [5, 5.41) is 22.3. The molecule has 0 aromatic heterocycles. The van der Waals surface area contributed by atoms with E-state index in [1.807, 2.05) is 0 Å². The lowest BCUT2D eigenvalue weighted by Crippen LogP contribution is -2.52. The van der Waals surface area contributed by atoms with E-state index in [0.29, 0.717) is 0 Å². The van der Waals surface area contributed by atoms with Gasteiger partial charge in [0.15, 0.2) is 12.1 Å². The Balaban J connectivity index is 1.97. The molecule has 2 heterocycles. The number of alkyl carbamates (subject to hydrolysis) is 1. The maximum absolute atomic E-state index is 11.8. The van der Waals surface area contributed by atoms with E-state index in [1.54, 1.807) is 34.6 Å². The zero-order valence-electron chi connectivity index (χ0n) is 13.5. The third kappa shape index (κ3) is 3.88. The van der Waals surface area contributed by atoms with Gasteiger partial charge in [-0.1, -0.05) is 0 Å². The first kappa shape index (κ1) is 17.4. The molecule has 3 N–H and O–H groups in total. The Morgan fingerprint density at radius 3 is 2.50 bits per heavy atom. The van der Waals surface area contributed by atoms with Crippen LogP contribution in [-0.4, -0.2) is 64.9 Å². The number of hydrogen-bond donors (Lipinski definition) is 3. The van der Waals surface area contributed by atoms with Gasteiger partial charge in [0.25, 0.3) is 0 Å². The molecule has 2 saturated heterocycles. The molecule has 5 atom stereocenters. The monoisotopic (exact) mass is 319 g/mol. The normalized spacial score (nSPS) is 35.0. The lowest BCUT2D eigenvalue weighted by Gasteiger charge is -2.29. The summed E-state index contributed by atoms with van der Waals surface area (Å²) in [6.45, 7) is 8.22. The van der Waals surface area contributed by atoms with Gasteiger partial charge in [0.1, 0.15) is 23.9 Å². The van der Waals surface area contributed by atoms with Gasteiger partial charge in [-0.2, -0.15) is 0 Å². The molecule has 0 aromatic carbocycles. The second-order valence-corrected chi connectivity index (χ2v) is 7.00. The lowest BCUT2D eigenvalue weighted by atomic mass is 10.0. The SMILES string of the molecule is CC(C)(C)OC(=O)N[C@H](CO)[C@H]1O[C@@H]2OC(C)(C)O[C@@H]2[C@H]1O. The molecule has 0 aliphatic carbocycles. The third-order valence-electron chi connectivity index (χ3n) is 3.35. The highest BCUT2D eigenvalue weighted by Crippen LogP contribution is 2.38. The van der Waals surface area contributed by atoms with E-state index in [9.17, 15) is 15.0 Å². The Morgan fingerprint density at radius 2 is 2.00 bits per heavy atom. The van der Waals surface area contributed by atoms with Crippen molar-refractivity contribution < 1.29 is 34.0 Å². The summed E-state index contributed by atoms with van der Waals surface area (Å²) in [5.41, 5.74) is -0.661. The number of ether oxygens (including phenoxy) is 4. The van der Waals surface area contributed by atoms with Crippen molar-refractivity contribution >= 4 is 6.09 Å². The molecule has 0 aromatic rings. The Kier molecular flexibility index (Phi) is 4.70. The number of carbonyl (C=O) groups excluding carboxylic acids is 1. The molecule has 0 spiro atoms. The quantitative estimate of drug-likeness (QED) is 0.678. The van der Waals surface area contributed by atoms with Gasteiger partial charge in [0.05, 0.1) is 12.6 Å². The second kappa shape index (κ2) is 5.93. The predicted octanol–water partition coefficient (Wildman–Crippen LogP) is 0.109. The molecule has 128 valence electrons. The molecule has 8 nitrogen and oxygen atoms in total. The van der Waals surface area contributed by atoms with E-state index in [2.05, 4.69) is 5.32 Å². The molecule has 0 radical (unpaired) electrons. The number of nitrogens with one attached hydrogen (secondary N) is 1.